The maximum absolute atomic E-state index is 12.1. The average Bonchev–Trinajstić information content (AvgIpc) is 3.39. The second kappa shape index (κ2) is 10.4. The van der Waals surface area contributed by atoms with Crippen molar-refractivity contribution in [3.05, 3.63) is 65.2 Å². The Balaban J connectivity index is 1.30. The fourth-order valence-corrected chi connectivity index (χ4v) is 4.12. The highest BCUT2D eigenvalue weighted by atomic mass is 16.7. The molecule has 2 aromatic heterocycles. The van der Waals surface area contributed by atoms with Crippen LogP contribution in [0, 0.1) is 13.8 Å². The van der Waals surface area contributed by atoms with Gasteiger partial charge >= 0.3 is 11.4 Å². The quantitative estimate of drug-likeness (QED) is 0.297. The molecule has 14 heteroatoms. The van der Waals surface area contributed by atoms with Crippen LogP contribution < -0.4 is 22.5 Å². The Morgan fingerprint density at radius 1 is 0.914 bits per heavy atom. The smallest absolute Gasteiger partial charge is 0.330 e. The van der Waals surface area contributed by atoms with Crippen molar-refractivity contribution in [1.82, 2.24) is 19.1 Å². The summed E-state index contributed by atoms with van der Waals surface area (Å²) in [7, 11) is 0. The monoisotopic (exact) mass is 496 g/mol. The van der Waals surface area contributed by atoms with Crippen molar-refractivity contribution >= 4 is 0 Å². The fourth-order valence-electron chi connectivity index (χ4n) is 4.12. The van der Waals surface area contributed by atoms with E-state index in [-0.39, 0.29) is 32.7 Å². The first kappa shape index (κ1) is 25.2. The molecule has 6 atom stereocenters. The van der Waals surface area contributed by atoms with Gasteiger partial charge in [-0.15, -0.1) is 0 Å². The molecule has 4 heterocycles. The molecule has 2 aliphatic rings. The van der Waals surface area contributed by atoms with Crippen LogP contribution in [0.5, 0.6) is 0 Å². The van der Waals surface area contributed by atoms with Crippen LogP contribution in [-0.4, -0.2) is 73.7 Å². The Bertz CT molecular complexity index is 1280. The number of nitrogens with zero attached hydrogens (tertiary/aromatic N) is 2. The van der Waals surface area contributed by atoms with Gasteiger partial charge in [-0.2, -0.15) is 0 Å². The number of aliphatic hydroxyl groups is 2. The van der Waals surface area contributed by atoms with Crippen LogP contribution in [0.1, 0.15) is 36.4 Å². The van der Waals surface area contributed by atoms with Gasteiger partial charge in [-0.1, -0.05) is 0 Å². The van der Waals surface area contributed by atoms with Gasteiger partial charge in [-0.25, -0.2) is 9.59 Å². The molecule has 0 unspecified atom stereocenters. The number of aromatic amines is 2. The molecule has 0 aliphatic carbocycles. The molecular formula is C21H28N4O10. The molecule has 14 nitrogen and oxygen atoms in total. The minimum absolute atomic E-state index is 0.0328. The zero-order chi connectivity index (χ0) is 25.3. The van der Waals surface area contributed by atoms with E-state index in [1.807, 2.05) is 0 Å². The summed E-state index contributed by atoms with van der Waals surface area (Å²) >= 11 is 0. The topological polar surface area (TPSA) is 187 Å². The summed E-state index contributed by atoms with van der Waals surface area (Å²) in [6.45, 7) is 2.89. The van der Waals surface area contributed by atoms with Gasteiger partial charge in [0.05, 0.1) is 25.9 Å². The lowest BCUT2D eigenvalue weighted by atomic mass is 10.2. The van der Waals surface area contributed by atoms with Crippen LogP contribution in [-0.2, 0) is 18.9 Å². The molecule has 35 heavy (non-hydrogen) atoms. The number of nitrogens with one attached hydrogen (secondary N) is 2. The molecule has 2 aliphatic heterocycles. The van der Waals surface area contributed by atoms with E-state index < -0.39 is 59.6 Å². The van der Waals surface area contributed by atoms with Crippen LogP contribution in [0.15, 0.2) is 31.6 Å². The largest absolute Gasteiger partial charge is 0.394 e. The van der Waals surface area contributed by atoms with Crippen LogP contribution in [0.3, 0.4) is 0 Å². The Kier molecular flexibility index (Phi) is 7.49. The summed E-state index contributed by atoms with van der Waals surface area (Å²) in [5.41, 5.74) is -1.56. The molecule has 0 radical (unpaired) electrons. The maximum atomic E-state index is 12.1. The van der Waals surface area contributed by atoms with Crippen LogP contribution in [0.2, 0.25) is 0 Å². The summed E-state index contributed by atoms with van der Waals surface area (Å²) < 4.78 is 25.2. The van der Waals surface area contributed by atoms with E-state index in [0.29, 0.717) is 11.1 Å². The Labute approximate surface area is 197 Å². The van der Waals surface area contributed by atoms with Crippen molar-refractivity contribution in [2.75, 3.05) is 19.8 Å². The van der Waals surface area contributed by atoms with E-state index in [9.17, 15) is 29.4 Å². The lowest BCUT2D eigenvalue weighted by Gasteiger charge is -2.19. The molecular weight excluding hydrogens is 468 g/mol. The van der Waals surface area contributed by atoms with Gasteiger partial charge in [0.15, 0.2) is 6.29 Å². The highest BCUT2D eigenvalue weighted by molar-refractivity contribution is 5.03. The SMILES string of the molecule is Cc1cn([C@H]2C[C@H](O)[C@@H](OCCO[C@H]3C[C@H](n4cc(C)c(=O)[nH]c4=O)O[C@@H]3CO)O2)c(=O)[nH]c1=O. The summed E-state index contributed by atoms with van der Waals surface area (Å²) in [5, 5.41) is 19.9. The van der Waals surface area contributed by atoms with Gasteiger partial charge in [0.25, 0.3) is 11.1 Å². The van der Waals surface area contributed by atoms with E-state index in [2.05, 4.69) is 9.97 Å². The molecule has 0 amide bonds. The predicted octanol–water partition coefficient (Wildman–Crippen LogP) is -2.01. The van der Waals surface area contributed by atoms with Crippen molar-refractivity contribution in [2.45, 2.75) is 63.7 Å². The number of hydrogen-bond donors (Lipinski definition) is 4. The fraction of sp³-hybridized carbons (Fsp3) is 0.619. The lowest BCUT2D eigenvalue weighted by molar-refractivity contribution is -0.186. The van der Waals surface area contributed by atoms with Crippen molar-refractivity contribution in [2.24, 2.45) is 0 Å². The first-order valence-corrected chi connectivity index (χ1v) is 11.1. The minimum Gasteiger partial charge on any atom is -0.394 e. The predicted molar refractivity (Wildman–Crippen MR) is 118 cm³/mol. The Hall–Kier alpha value is -2.88. The third kappa shape index (κ3) is 5.37. The van der Waals surface area contributed by atoms with Gasteiger partial charge < -0.3 is 29.2 Å². The number of aromatic nitrogens is 4. The average molecular weight is 496 g/mol. The summed E-state index contributed by atoms with van der Waals surface area (Å²) in [6.07, 6.45) is -1.65. The van der Waals surface area contributed by atoms with Gasteiger partial charge in [0.2, 0.25) is 0 Å². The molecule has 0 spiro atoms. The van der Waals surface area contributed by atoms with Gasteiger partial charge in [0.1, 0.15) is 24.7 Å². The molecule has 4 N–H and O–H groups in total. The number of rotatable bonds is 8. The number of aliphatic hydroxyl groups excluding tert-OH is 2. The second-order valence-electron chi connectivity index (χ2n) is 8.55. The Morgan fingerprint density at radius 2 is 1.46 bits per heavy atom. The molecule has 4 rings (SSSR count). The third-order valence-corrected chi connectivity index (χ3v) is 6.02. The van der Waals surface area contributed by atoms with Crippen LogP contribution >= 0.6 is 0 Å². The molecule has 0 bridgehead atoms. The van der Waals surface area contributed by atoms with E-state index in [1.165, 1.54) is 21.5 Å². The zero-order valence-corrected chi connectivity index (χ0v) is 19.2. The number of hydrogen-bond acceptors (Lipinski definition) is 10. The summed E-state index contributed by atoms with van der Waals surface area (Å²) in [4.78, 5) is 51.8. The normalized spacial score (nSPS) is 28.6. The van der Waals surface area contributed by atoms with Gasteiger partial charge in [-0.3, -0.25) is 28.7 Å². The summed E-state index contributed by atoms with van der Waals surface area (Å²) in [6, 6.07) is 0. The maximum Gasteiger partial charge on any atom is 0.330 e. The molecule has 192 valence electrons. The van der Waals surface area contributed by atoms with E-state index >= 15 is 0 Å². The zero-order valence-electron chi connectivity index (χ0n) is 19.2. The molecule has 0 saturated carbocycles. The highest BCUT2D eigenvalue weighted by Gasteiger charge is 2.38. The molecule has 2 saturated heterocycles. The number of H-pyrrole nitrogens is 2. The van der Waals surface area contributed by atoms with Gasteiger partial charge in [-0.05, 0) is 13.8 Å². The first-order valence-electron chi connectivity index (χ1n) is 11.1. The second-order valence-corrected chi connectivity index (χ2v) is 8.55. The highest BCUT2D eigenvalue weighted by Crippen LogP contribution is 2.30. The van der Waals surface area contributed by atoms with E-state index in [1.54, 1.807) is 13.8 Å². The van der Waals surface area contributed by atoms with Crippen molar-refractivity contribution in [1.29, 1.82) is 0 Å². The molecule has 0 aromatic carbocycles. The third-order valence-electron chi connectivity index (χ3n) is 6.02. The summed E-state index contributed by atoms with van der Waals surface area (Å²) in [5.74, 6) is 0. The van der Waals surface area contributed by atoms with Crippen LogP contribution in [0.4, 0.5) is 0 Å². The van der Waals surface area contributed by atoms with Crippen molar-refractivity contribution < 1.29 is 29.2 Å². The minimum atomic E-state index is -1.01. The van der Waals surface area contributed by atoms with Crippen molar-refractivity contribution in [3.63, 3.8) is 0 Å². The molecule has 2 aromatic rings. The van der Waals surface area contributed by atoms with E-state index in [4.69, 9.17) is 18.9 Å². The number of ether oxygens (including phenoxy) is 4. The number of aryl methyl sites for hydroxylation is 2. The molecule has 2 fully saturated rings. The Morgan fingerprint density at radius 3 is 2.03 bits per heavy atom. The first-order chi connectivity index (χ1) is 16.7. The van der Waals surface area contributed by atoms with E-state index in [0.717, 1.165) is 0 Å². The van der Waals surface area contributed by atoms with Crippen molar-refractivity contribution in [3.8, 4) is 0 Å². The lowest BCUT2D eigenvalue weighted by Crippen LogP contribution is -2.33. The van der Waals surface area contributed by atoms with Gasteiger partial charge in [0, 0.05) is 36.4 Å². The standard InChI is InChI=1S/C21H28N4O10/c1-10-7-24(20(30)22-17(10)28)15-5-12(27)19(35-15)33-4-3-32-13-6-16(34-14(13)9-26)25-8-11(2)18(29)23-21(25)31/h7-8,12-16,19,26-27H,3-6,9H2,1-2H3,(H,22,28,30)(H,23,29,31)/t12-,13-,14+,15+,16+,19-/m0/s1. The van der Waals surface area contributed by atoms with Crippen LogP contribution in [0.25, 0.3) is 0 Å².